The topological polar surface area (TPSA) is 41.1 Å². The predicted octanol–water partition coefficient (Wildman–Crippen LogP) is 1.71. The van der Waals surface area contributed by atoms with Crippen LogP contribution in [0.25, 0.3) is 0 Å². The lowest BCUT2D eigenvalue weighted by atomic mass is 9.89. The molecule has 3 aliphatic rings. The summed E-state index contributed by atoms with van der Waals surface area (Å²) in [6.07, 6.45) is 7.81. The fourth-order valence-corrected chi connectivity index (χ4v) is 3.89. The Morgan fingerprint density at radius 1 is 1.24 bits per heavy atom. The van der Waals surface area contributed by atoms with Crippen molar-refractivity contribution < 1.29 is 4.79 Å². The molecule has 3 rings (SSSR count). The Kier molecular flexibility index (Phi) is 4.31. The van der Waals surface area contributed by atoms with Crippen molar-refractivity contribution in [2.45, 2.75) is 44.6 Å². The average Bonchev–Trinajstić information content (AvgIpc) is 3.01. The van der Waals surface area contributed by atoms with E-state index in [0.29, 0.717) is 0 Å². The van der Waals surface area contributed by atoms with E-state index in [1.165, 1.54) is 25.7 Å². The monoisotopic (exact) mass is 258 g/mol. The van der Waals surface area contributed by atoms with E-state index >= 15 is 0 Å². The van der Waals surface area contributed by atoms with Crippen molar-refractivity contribution in [3.8, 4) is 0 Å². The molecule has 4 unspecified atom stereocenters. The van der Waals surface area contributed by atoms with E-state index in [0.717, 1.165) is 43.7 Å². The van der Waals surface area contributed by atoms with Gasteiger partial charge in [-0.3, -0.25) is 4.79 Å². The third-order valence-electron chi connectivity index (χ3n) is 4.80. The van der Waals surface area contributed by atoms with Gasteiger partial charge < -0.3 is 10.6 Å². The van der Waals surface area contributed by atoms with Gasteiger partial charge in [0.05, 0.1) is 6.04 Å². The van der Waals surface area contributed by atoms with Gasteiger partial charge in [-0.15, -0.1) is 12.4 Å². The largest absolute Gasteiger partial charge is 0.354 e. The molecule has 1 aliphatic heterocycles. The first-order valence-electron chi connectivity index (χ1n) is 6.84. The van der Waals surface area contributed by atoms with Gasteiger partial charge in [-0.25, -0.2) is 0 Å². The zero-order valence-electron chi connectivity index (χ0n) is 10.3. The summed E-state index contributed by atoms with van der Waals surface area (Å²) in [6.45, 7) is 1.93. The Bertz CT molecular complexity index is 279. The van der Waals surface area contributed by atoms with Crippen LogP contribution < -0.4 is 10.6 Å². The second-order valence-electron chi connectivity index (χ2n) is 5.83. The van der Waals surface area contributed by atoms with Crippen LogP contribution in [0.4, 0.5) is 0 Å². The standard InChI is InChI=1S/C13H22N2O.ClH/c16-13(12-2-1-5-14-12)15-8-11-7-9-3-4-10(11)6-9;/h9-12,14H,1-8H2,(H,15,16);1H. The van der Waals surface area contributed by atoms with Crippen molar-refractivity contribution in [2.75, 3.05) is 13.1 Å². The molecule has 0 aromatic rings. The van der Waals surface area contributed by atoms with E-state index in [1.807, 2.05) is 0 Å². The third kappa shape index (κ3) is 2.76. The lowest BCUT2D eigenvalue weighted by Gasteiger charge is -2.22. The molecule has 2 aliphatic carbocycles. The van der Waals surface area contributed by atoms with E-state index in [9.17, 15) is 4.79 Å². The first kappa shape index (κ1) is 13.2. The van der Waals surface area contributed by atoms with Gasteiger partial charge in [-0.05, 0) is 56.4 Å². The normalized spacial score (nSPS) is 39.1. The summed E-state index contributed by atoms with van der Waals surface area (Å²) >= 11 is 0. The fourth-order valence-electron chi connectivity index (χ4n) is 3.89. The van der Waals surface area contributed by atoms with E-state index in [-0.39, 0.29) is 24.4 Å². The van der Waals surface area contributed by atoms with Crippen molar-refractivity contribution in [1.29, 1.82) is 0 Å². The Labute approximate surface area is 110 Å². The molecule has 3 nitrogen and oxygen atoms in total. The number of carbonyl (C=O) groups excluding carboxylic acids is 1. The van der Waals surface area contributed by atoms with Crippen molar-refractivity contribution >= 4 is 18.3 Å². The first-order valence-corrected chi connectivity index (χ1v) is 6.84. The SMILES string of the molecule is Cl.O=C(NCC1CC2CCC1C2)C1CCCN1. The summed E-state index contributed by atoms with van der Waals surface area (Å²) in [5, 5.41) is 6.40. The van der Waals surface area contributed by atoms with Gasteiger partial charge in [-0.2, -0.15) is 0 Å². The van der Waals surface area contributed by atoms with Crippen LogP contribution in [-0.2, 0) is 4.79 Å². The van der Waals surface area contributed by atoms with Crippen LogP contribution in [0.1, 0.15) is 38.5 Å². The van der Waals surface area contributed by atoms with Crippen LogP contribution in [0.2, 0.25) is 0 Å². The van der Waals surface area contributed by atoms with Gasteiger partial charge in [-0.1, -0.05) is 6.42 Å². The summed E-state index contributed by atoms with van der Waals surface area (Å²) in [5.41, 5.74) is 0. The number of amides is 1. The molecule has 1 saturated heterocycles. The van der Waals surface area contributed by atoms with E-state index in [4.69, 9.17) is 0 Å². The van der Waals surface area contributed by atoms with Gasteiger partial charge >= 0.3 is 0 Å². The molecular weight excluding hydrogens is 236 g/mol. The highest BCUT2D eigenvalue weighted by Gasteiger charge is 2.39. The van der Waals surface area contributed by atoms with Crippen molar-refractivity contribution in [2.24, 2.45) is 17.8 Å². The molecular formula is C13H23ClN2O. The maximum absolute atomic E-state index is 11.8. The minimum Gasteiger partial charge on any atom is -0.354 e. The van der Waals surface area contributed by atoms with E-state index in [1.54, 1.807) is 0 Å². The van der Waals surface area contributed by atoms with Crippen LogP contribution >= 0.6 is 12.4 Å². The van der Waals surface area contributed by atoms with E-state index < -0.39 is 0 Å². The first-order chi connectivity index (χ1) is 7.83. The van der Waals surface area contributed by atoms with Crippen LogP contribution in [-0.4, -0.2) is 25.0 Å². The Morgan fingerprint density at radius 3 is 2.71 bits per heavy atom. The van der Waals surface area contributed by atoms with Crippen molar-refractivity contribution in [3.63, 3.8) is 0 Å². The summed E-state index contributed by atoms with van der Waals surface area (Å²) < 4.78 is 0. The Balaban J connectivity index is 0.00000108. The van der Waals surface area contributed by atoms with Crippen molar-refractivity contribution in [1.82, 2.24) is 10.6 Å². The number of hydrogen-bond donors (Lipinski definition) is 2. The van der Waals surface area contributed by atoms with Gasteiger partial charge in [0.1, 0.15) is 0 Å². The number of halogens is 1. The van der Waals surface area contributed by atoms with Crippen LogP contribution in [0.3, 0.4) is 0 Å². The minimum atomic E-state index is 0. The second-order valence-corrected chi connectivity index (χ2v) is 5.83. The molecule has 0 aromatic carbocycles. The number of rotatable bonds is 3. The molecule has 0 aromatic heterocycles. The van der Waals surface area contributed by atoms with Gasteiger partial charge in [0.25, 0.3) is 0 Å². The van der Waals surface area contributed by atoms with E-state index in [2.05, 4.69) is 10.6 Å². The highest BCUT2D eigenvalue weighted by Crippen LogP contribution is 2.47. The number of hydrogen-bond acceptors (Lipinski definition) is 2. The third-order valence-corrected chi connectivity index (χ3v) is 4.80. The van der Waals surface area contributed by atoms with Crippen LogP contribution in [0.15, 0.2) is 0 Å². The Hall–Kier alpha value is -0.280. The molecule has 17 heavy (non-hydrogen) atoms. The molecule has 4 heteroatoms. The molecule has 1 heterocycles. The molecule has 0 radical (unpaired) electrons. The summed E-state index contributed by atoms with van der Waals surface area (Å²) in [5.74, 6) is 2.92. The van der Waals surface area contributed by atoms with Gasteiger partial charge in [0, 0.05) is 6.54 Å². The zero-order valence-corrected chi connectivity index (χ0v) is 11.1. The lowest BCUT2D eigenvalue weighted by molar-refractivity contribution is -0.123. The van der Waals surface area contributed by atoms with Crippen LogP contribution in [0.5, 0.6) is 0 Å². The molecule has 3 fully saturated rings. The second kappa shape index (κ2) is 5.57. The molecule has 2 bridgehead atoms. The molecule has 2 N–H and O–H groups in total. The Morgan fingerprint density at radius 2 is 2.12 bits per heavy atom. The quantitative estimate of drug-likeness (QED) is 0.809. The summed E-state index contributed by atoms with van der Waals surface area (Å²) in [7, 11) is 0. The zero-order chi connectivity index (χ0) is 11.0. The molecule has 4 atom stereocenters. The predicted molar refractivity (Wildman–Crippen MR) is 70.2 cm³/mol. The summed E-state index contributed by atoms with van der Waals surface area (Å²) in [6, 6.07) is 0.0959. The maximum atomic E-state index is 11.8. The fraction of sp³-hybridized carbons (Fsp3) is 0.923. The van der Waals surface area contributed by atoms with Gasteiger partial charge in [0.2, 0.25) is 5.91 Å². The highest BCUT2D eigenvalue weighted by atomic mass is 35.5. The molecule has 98 valence electrons. The number of carbonyl (C=O) groups is 1. The number of fused-ring (bicyclic) bond motifs is 2. The molecule has 1 amide bonds. The minimum absolute atomic E-state index is 0. The highest BCUT2D eigenvalue weighted by molar-refractivity contribution is 5.85. The summed E-state index contributed by atoms with van der Waals surface area (Å²) in [4.78, 5) is 11.8. The molecule has 2 saturated carbocycles. The lowest BCUT2D eigenvalue weighted by Crippen LogP contribution is -2.42. The molecule has 0 spiro atoms. The van der Waals surface area contributed by atoms with Gasteiger partial charge in [0.15, 0.2) is 0 Å². The van der Waals surface area contributed by atoms with Crippen molar-refractivity contribution in [3.05, 3.63) is 0 Å². The average molecular weight is 259 g/mol. The number of nitrogens with one attached hydrogen (secondary N) is 2. The van der Waals surface area contributed by atoms with Crippen LogP contribution in [0, 0.1) is 17.8 Å². The maximum Gasteiger partial charge on any atom is 0.237 e. The smallest absolute Gasteiger partial charge is 0.237 e.